The van der Waals surface area contributed by atoms with E-state index >= 15 is 0 Å². The van der Waals surface area contributed by atoms with Crippen LogP contribution in [0, 0.1) is 5.92 Å². The third-order valence-electron chi connectivity index (χ3n) is 5.08. The van der Waals surface area contributed by atoms with Gasteiger partial charge < -0.3 is 5.32 Å². The Labute approximate surface area is 186 Å². The smallest absolute Gasteiger partial charge is 0.367 e. The van der Waals surface area contributed by atoms with Crippen molar-refractivity contribution >= 4 is 33.5 Å². The van der Waals surface area contributed by atoms with Gasteiger partial charge in [-0.05, 0) is 55.1 Å². The summed E-state index contributed by atoms with van der Waals surface area (Å²) in [5.41, 5.74) is -2.76. The Balaban J connectivity index is 1.50. The molecule has 0 amide bonds. The highest BCUT2D eigenvalue weighted by atomic mass is 32.2. The summed E-state index contributed by atoms with van der Waals surface area (Å²) < 4.78 is 66.4. The van der Waals surface area contributed by atoms with E-state index in [4.69, 9.17) is 9.32 Å². The van der Waals surface area contributed by atoms with Crippen LogP contribution < -0.4 is 10.5 Å². The van der Waals surface area contributed by atoms with Crippen molar-refractivity contribution in [3.63, 3.8) is 0 Å². The molecular weight excluding hydrogens is 467 g/mol. The molecule has 1 aliphatic carbocycles. The first-order valence-electron chi connectivity index (χ1n) is 9.70. The zero-order valence-electron chi connectivity index (χ0n) is 16.6. The van der Waals surface area contributed by atoms with E-state index in [0.717, 1.165) is 12.8 Å². The maximum absolute atomic E-state index is 12.7. The van der Waals surface area contributed by atoms with Gasteiger partial charge in [-0.15, -0.1) is 0 Å². The van der Waals surface area contributed by atoms with Crippen LogP contribution in [0.4, 0.5) is 19.0 Å². The van der Waals surface area contributed by atoms with Gasteiger partial charge in [0.05, 0.1) is 12.3 Å². The van der Waals surface area contributed by atoms with Gasteiger partial charge >= 0.3 is 15.8 Å². The molecule has 13 heteroatoms. The molecule has 8 nitrogen and oxygen atoms in total. The molecule has 32 heavy (non-hydrogen) atoms. The summed E-state index contributed by atoms with van der Waals surface area (Å²) in [5, 5.41) is 12.8. The van der Waals surface area contributed by atoms with E-state index in [1.807, 2.05) is 0 Å². The third kappa shape index (κ3) is 5.91. The molecule has 172 valence electrons. The van der Waals surface area contributed by atoms with Gasteiger partial charge in [-0.1, -0.05) is 12.1 Å². The van der Waals surface area contributed by atoms with Crippen molar-refractivity contribution in [2.24, 2.45) is 11.1 Å². The molecule has 0 bridgehead atoms. The van der Waals surface area contributed by atoms with Crippen LogP contribution in [-0.2, 0) is 14.5 Å². The van der Waals surface area contributed by atoms with Crippen LogP contribution in [-0.4, -0.2) is 41.2 Å². The lowest BCUT2D eigenvalue weighted by molar-refractivity contribution is -0.0328. The Morgan fingerprint density at radius 3 is 2.81 bits per heavy atom. The first kappa shape index (κ1) is 22.8. The fourth-order valence-corrected chi connectivity index (χ4v) is 4.74. The highest BCUT2D eigenvalue weighted by Gasteiger charge is 2.29. The highest BCUT2D eigenvalue weighted by molar-refractivity contribution is 8.00. The van der Waals surface area contributed by atoms with Crippen LogP contribution in [0.2, 0.25) is 0 Å². The van der Waals surface area contributed by atoms with Gasteiger partial charge in [0.1, 0.15) is 5.82 Å². The van der Waals surface area contributed by atoms with Gasteiger partial charge in [-0.25, -0.2) is 10.1 Å². The minimum atomic E-state index is -4.37. The lowest BCUT2D eigenvalue weighted by Crippen LogP contribution is -2.21. The SMILES string of the molecule is NS(=O)(=O)OCC1CCC(Nc2ccnc3cc(-c4cccc(SC(F)(F)F)c4)nn23)C1. The molecule has 1 aromatic carbocycles. The number of anilines is 1. The van der Waals surface area contributed by atoms with E-state index in [-0.39, 0.29) is 35.2 Å². The number of thioether (sulfide) groups is 1. The van der Waals surface area contributed by atoms with Gasteiger partial charge in [0.15, 0.2) is 5.65 Å². The lowest BCUT2D eigenvalue weighted by Gasteiger charge is -2.15. The minimum absolute atomic E-state index is 0.0426. The van der Waals surface area contributed by atoms with Gasteiger partial charge in [0.25, 0.3) is 0 Å². The summed E-state index contributed by atoms with van der Waals surface area (Å²) in [4.78, 5) is 4.37. The maximum atomic E-state index is 12.7. The number of benzene rings is 1. The molecule has 2 heterocycles. The summed E-state index contributed by atoms with van der Waals surface area (Å²) in [6, 6.07) is 9.64. The number of nitrogens with zero attached hydrogens (tertiary/aromatic N) is 3. The van der Waals surface area contributed by atoms with E-state index in [2.05, 4.69) is 15.4 Å². The van der Waals surface area contributed by atoms with Crippen molar-refractivity contribution in [1.29, 1.82) is 0 Å². The Morgan fingerprint density at radius 2 is 2.06 bits per heavy atom. The largest absolute Gasteiger partial charge is 0.446 e. The molecule has 4 rings (SSSR count). The second kappa shape index (κ2) is 8.89. The van der Waals surface area contributed by atoms with Crippen LogP contribution in [0.15, 0.2) is 47.5 Å². The topological polar surface area (TPSA) is 112 Å². The van der Waals surface area contributed by atoms with Crippen LogP contribution in [0.1, 0.15) is 19.3 Å². The van der Waals surface area contributed by atoms with Crippen LogP contribution >= 0.6 is 11.8 Å². The average molecular weight is 488 g/mol. The first-order valence-corrected chi connectivity index (χ1v) is 12.0. The van der Waals surface area contributed by atoms with Crippen molar-refractivity contribution < 1.29 is 25.8 Å². The molecular formula is C19H20F3N5O3S2. The number of nitrogens with two attached hydrogens (primary N) is 1. The molecule has 1 fully saturated rings. The summed E-state index contributed by atoms with van der Waals surface area (Å²) in [5.74, 6) is 0.741. The third-order valence-corrected chi connectivity index (χ3v) is 6.27. The molecule has 0 radical (unpaired) electrons. The first-order chi connectivity index (χ1) is 15.1. The van der Waals surface area contributed by atoms with Gasteiger partial charge in [0.2, 0.25) is 0 Å². The van der Waals surface area contributed by atoms with Crippen molar-refractivity contribution in [2.45, 2.75) is 35.7 Å². The minimum Gasteiger partial charge on any atom is -0.367 e. The van der Waals surface area contributed by atoms with E-state index < -0.39 is 15.8 Å². The van der Waals surface area contributed by atoms with Crippen molar-refractivity contribution in [2.75, 3.05) is 11.9 Å². The second-order valence-electron chi connectivity index (χ2n) is 7.50. The number of halogens is 3. The van der Waals surface area contributed by atoms with Gasteiger partial charge in [-0.3, -0.25) is 4.18 Å². The number of hydrogen-bond donors (Lipinski definition) is 2. The fourth-order valence-electron chi connectivity index (χ4n) is 3.76. The summed E-state index contributed by atoms with van der Waals surface area (Å²) >= 11 is -0.172. The van der Waals surface area contributed by atoms with E-state index in [9.17, 15) is 21.6 Å². The van der Waals surface area contributed by atoms with E-state index in [0.29, 0.717) is 29.1 Å². The number of nitrogens with one attached hydrogen (secondary N) is 1. The predicted octanol–water partition coefficient (Wildman–Crippen LogP) is 3.81. The Kier molecular flexibility index (Phi) is 6.34. The number of aromatic nitrogens is 3. The number of hydrogen-bond acceptors (Lipinski definition) is 7. The Morgan fingerprint density at radius 1 is 1.25 bits per heavy atom. The molecule has 2 unspecified atom stereocenters. The molecule has 3 N–H and O–H groups in total. The molecule has 0 spiro atoms. The molecule has 3 aromatic rings. The highest BCUT2D eigenvalue weighted by Crippen LogP contribution is 2.38. The molecule has 2 atom stereocenters. The zero-order chi connectivity index (χ0) is 22.9. The molecule has 0 saturated heterocycles. The van der Waals surface area contributed by atoms with Gasteiger partial charge in [-0.2, -0.15) is 31.2 Å². The maximum Gasteiger partial charge on any atom is 0.446 e. The molecule has 0 aliphatic heterocycles. The molecule has 1 saturated carbocycles. The van der Waals surface area contributed by atoms with Crippen LogP contribution in [0.25, 0.3) is 16.9 Å². The summed E-state index contributed by atoms with van der Waals surface area (Å²) in [6.07, 6.45) is 3.92. The van der Waals surface area contributed by atoms with E-state index in [1.54, 1.807) is 35.0 Å². The lowest BCUT2D eigenvalue weighted by atomic mass is 10.1. The fraction of sp³-hybridized carbons (Fsp3) is 0.368. The van der Waals surface area contributed by atoms with E-state index in [1.165, 1.54) is 12.1 Å². The van der Waals surface area contributed by atoms with Crippen LogP contribution in [0.3, 0.4) is 0 Å². The normalized spacial score (nSPS) is 19.5. The number of rotatable bonds is 7. The average Bonchev–Trinajstić information content (AvgIpc) is 3.32. The quantitative estimate of drug-likeness (QED) is 0.488. The van der Waals surface area contributed by atoms with Crippen LogP contribution in [0.5, 0.6) is 0 Å². The Bertz CT molecular complexity index is 1220. The number of fused-ring (bicyclic) bond motifs is 1. The summed E-state index contributed by atoms with van der Waals surface area (Å²) in [6.45, 7) is 0.0426. The number of alkyl halides is 3. The second-order valence-corrected chi connectivity index (χ2v) is 9.86. The van der Waals surface area contributed by atoms with Crippen molar-refractivity contribution in [1.82, 2.24) is 14.6 Å². The van der Waals surface area contributed by atoms with Gasteiger partial charge in [0, 0.05) is 28.8 Å². The van der Waals surface area contributed by atoms with Crippen molar-refractivity contribution in [3.05, 3.63) is 42.6 Å². The Hall–Kier alpha value is -2.35. The monoisotopic (exact) mass is 487 g/mol. The summed E-state index contributed by atoms with van der Waals surface area (Å²) in [7, 11) is -3.96. The zero-order valence-corrected chi connectivity index (χ0v) is 18.3. The van der Waals surface area contributed by atoms with Crippen molar-refractivity contribution in [3.8, 4) is 11.3 Å². The molecule has 2 aromatic heterocycles. The standard InChI is InChI=1S/C19H20F3N5O3S2/c20-19(21,22)31-15-3-1-2-13(9-15)16-10-18-24-7-6-17(27(18)26-16)25-14-5-4-12(8-14)11-30-32(23,28)29/h1-3,6-7,9-10,12,14,25H,4-5,8,11H2,(H2,23,28,29). The predicted molar refractivity (Wildman–Crippen MR) is 114 cm³/mol. The molecule has 1 aliphatic rings.